The number of amides is 1. The van der Waals surface area contributed by atoms with Crippen LogP contribution < -0.4 is 9.64 Å². The second-order valence-electron chi connectivity index (χ2n) is 6.87. The molecule has 3 heterocycles. The number of anilines is 1. The normalized spacial score (nSPS) is 19.7. The molecule has 0 spiro atoms. The maximum Gasteiger partial charge on any atom is 0.255 e. The van der Waals surface area contributed by atoms with Gasteiger partial charge in [0.25, 0.3) is 5.91 Å². The number of hydrogen-bond donors (Lipinski definition) is 0. The number of hydrogen-bond acceptors (Lipinski definition) is 5. The molecular weight excluding hydrogens is 401 g/mol. The van der Waals surface area contributed by atoms with Gasteiger partial charge in [-0.1, -0.05) is 23.2 Å². The van der Waals surface area contributed by atoms with E-state index in [0.717, 1.165) is 31.8 Å². The van der Waals surface area contributed by atoms with Gasteiger partial charge in [0, 0.05) is 50.6 Å². The second kappa shape index (κ2) is 8.55. The van der Waals surface area contributed by atoms with E-state index in [4.69, 9.17) is 32.7 Å². The van der Waals surface area contributed by atoms with Crippen molar-refractivity contribution in [2.45, 2.75) is 12.5 Å². The molecule has 1 amide bonds. The number of piperazine rings is 1. The molecule has 2 aromatic rings. The van der Waals surface area contributed by atoms with E-state index in [0.29, 0.717) is 41.2 Å². The molecule has 2 aliphatic rings. The highest BCUT2D eigenvalue weighted by Crippen LogP contribution is 2.28. The van der Waals surface area contributed by atoms with Crippen LogP contribution in [0.15, 0.2) is 36.5 Å². The molecule has 0 N–H and O–H groups in total. The average molecular weight is 422 g/mol. The summed E-state index contributed by atoms with van der Waals surface area (Å²) in [6.45, 7) is 4.05. The molecule has 2 fully saturated rings. The lowest BCUT2D eigenvalue weighted by Crippen LogP contribution is -2.48. The molecule has 0 aliphatic carbocycles. The first-order valence-electron chi connectivity index (χ1n) is 9.30. The minimum absolute atomic E-state index is 0.0166. The summed E-state index contributed by atoms with van der Waals surface area (Å²) in [6, 6.07) is 9.12. The highest BCUT2D eigenvalue weighted by Gasteiger charge is 2.23. The van der Waals surface area contributed by atoms with Gasteiger partial charge in [0.2, 0.25) is 5.88 Å². The van der Waals surface area contributed by atoms with Crippen molar-refractivity contribution in [3.05, 3.63) is 52.1 Å². The van der Waals surface area contributed by atoms with Crippen LogP contribution >= 0.6 is 23.2 Å². The predicted molar refractivity (Wildman–Crippen MR) is 109 cm³/mol. The minimum Gasteiger partial charge on any atom is -0.472 e. The van der Waals surface area contributed by atoms with Crippen molar-refractivity contribution in [1.82, 2.24) is 9.88 Å². The topological polar surface area (TPSA) is 54.9 Å². The molecule has 0 bridgehead atoms. The Kier molecular flexibility index (Phi) is 5.90. The van der Waals surface area contributed by atoms with Crippen molar-refractivity contribution < 1.29 is 14.3 Å². The first kappa shape index (κ1) is 19.3. The average Bonchev–Trinajstić information content (AvgIpc) is 3.23. The van der Waals surface area contributed by atoms with Gasteiger partial charge in [0.05, 0.1) is 28.8 Å². The molecule has 1 aromatic carbocycles. The zero-order valence-corrected chi connectivity index (χ0v) is 16.8. The van der Waals surface area contributed by atoms with Crippen molar-refractivity contribution in [1.29, 1.82) is 0 Å². The standard InChI is InChI=1S/C20H21Cl2N3O3/c21-17-3-2-15(11-18(17)22)24-6-8-25(9-7-24)20(26)14-1-4-19(23-12-14)28-16-5-10-27-13-16/h1-4,11-12,16H,5-10,13H2. The summed E-state index contributed by atoms with van der Waals surface area (Å²) >= 11 is 12.1. The number of pyridine rings is 1. The zero-order chi connectivity index (χ0) is 19.5. The first-order valence-corrected chi connectivity index (χ1v) is 10.1. The largest absolute Gasteiger partial charge is 0.472 e. The number of benzene rings is 1. The van der Waals surface area contributed by atoms with Crippen LogP contribution in [0.5, 0.6) is 5.88 Å². The number of nitrogens with zero attached hydrogens (tertiary/aromatic N) is 3. The fraction of sp³-hybridized carbons (Fsp3) is 0.400. The van der Waals surface area contributed by atoms with Crippen LogP contribution in [0.25, 0.3) is 0 Å². The molecule has 8 heteroatoms. The summed E-state index contributed by atoms with van der Waals surface area (Å²) in [5, 5.41) is 1.08. The van der Waals surface area contributed by atoms with Gasteiger partial charge in [-0.2, -0.15) is 0 Å². The number of rotatable bonds is 4. The van der Waals surface area contributed by atoms with E-state index >= 15 is 0 Å². The van der Waals surface area contributed by atoms with E-state index in [9.17, 15) is 4.79 Å². The van der Waals surface area contributed by atoms with E-state index in [2.05, 4.69) is 9.88 Å². The smallest absolute Gasteiger partial charge is 0.255 e. The molecule has 6 nitrogen and oxygen atoms in total. The maximum absolute atomic E-state index is 12.8. The Morgan fingerprint density at radius 3 is 2.57 bits per heavy atom. The number of carbonyl (C=O) groups is 1. The van der Waals surface area contributed by atoms with Gasteiger partial charge in [-0.05, 0) is 24.3 Å². The fourth-order valence-electron chi connectivity index (χ4n) is 3.39. The summed E-state index contributed by atoms with van der Waals surface area (Å²) < 4.78 is 11.0. The summed E-state index contributed by atoms with van der Waals surface area (Å²) in [7, 11) is 0. The maximum atomic E-state index is 12.8. The van der Waals surface area contributed by atoms with E-state index < -0.39 is 0 Å². The predicted octanol–water partition coefficient (Wildman–Crippen LogP) is 3.52. The summed E-state index contributed by atoms with van der Waals surface area (Å²) in [4.78, 5) is 21.1. The highest BCUT2D eigenvalue weighted by molar-refractivity contribution is 6.42. The Bertz CT molecular complexity index is 833. The van der Waals surface area contributed by atoms with Crippen LogP contribution in [0.2, 0.25) is 10.0 Å². The zero-order valence-electron chi connectivity index (χ0n) is 15.3. The monoisotopic (exact) mass is 421 g/mol. The van der Waals surface area contributed by atoms with Gasteiger partial charge < -0.3 is 19.3 Å². The van der Waals surface area contributed by atoms with Gasteiger partial charge in [0.15, 0.2) is 0 Å². The molecule has 1 atom stereocenters. The Morgan fingerprint density at radius 1 is 1.11 bits per heavy atom. The van der Waals surface area contributed by atoms with Crippen molar-refractivity contribution in [3.8, 4) is 5.88 Å². The van der Waals surface area contributed by atoms with Gasteiger partial charge >= 0.3 is 0 Å². The van der Waals surface area contributed by atoms with Crippen LogP contribution in [-0.4, -0.2) is 61.3 Å². The molecule has 28 heavy (non-hydrogen) atoms. The third-order valence-corrected chi connectivity index (χ3v) is 5.73. The molecule has 2 saturated heterocycles. The van der Waals surface area contributed by atoms with Crippen molar-refractivity contribution >= 4 is 34.8 Å². The Morgan fingerprint density at radius 2 is 1.93 bits per heavy atom. The van der Waals surface area contributed by atoms with Gasteiger partial charge in [-0.3, -0.25) is 4.79 Å². The number of halogens is 2. The number of aromatic nitrogens is 1. The Balaban J connectivity index is 1.33. The van der Waals surface area contributed by atoms with Crippen molar-refractivity contribution in [2.75, 3.05) is 44.3 Å². The molecule has 0 saturated carbocycles. The first-order chi connectivity index (χ1) is 13.6. The number of ether oxygens (including phenoxy) is 2. The fourth-order valence-corrected chi connectivity index (χ4v) is 3.68. The lowest BCUT2D eigenvalue weighted by Gasteiger charge is -2.36. The summed E-state index contributed by atoms with van der Waals surface area (Å²) in [5.74, 6) is 0.508. The third kappa shape index (κ3) is 4.35. The Labute approximate surface area is 173 Å². The quantitative estimate of drug-likeness (QED) is 0.755. The lowest BCUT2D eigenvalue weighted by molar-refractivity contribution is 0.0746. The summed E-state index contributed by atoms with van der Waals surface area (Å²) in [5.41, 5.74) is 1.58. The third-order valence-electron chi connectivity index (χ3n) is 4.99. The van der Waals surface area contributed by atoms with Crippen LogP contribution in [0.3, 0.4) is 0 Å². The summed E-state index contributed by atoms with van der Waals surface area (Å²) in [6.07, 6.45) is 2.49. The van der Waals surface area contributed by atoms with Gasteiger partial charge in [-0.15, -0.1) is 0 Å². The van der Waals surface area contributed by atoms with E-state index in [-0.39, 0.29) is 12.0 Å². The SMILES string of the molecule is O=C(c1ccc(OC2CCOC2)nc1)N1CCN(c2ccc(Cl)c(Cl)c2)CC1. The van der Waals surface area contributed by atoms with Gasteiger partial charge in [-0.25, -0.2) is 4.98 Å². The molecule has 4 rings (SSSR count). The van der Waals surface area contributed by atoms with Crippen LogP contribution in [0, 0.1) is 0 Å². The molecule has 148 valence electrons. The minimum atomic E-state index is -0.0166. The van der Waals surface area contributed by atoms with Crippen LogP contribution in [-0.2, 0) is 4.74 Å². The lowest BCUT2D eigenvalue weighted by atomic mass is 10.2. The molecule has 1 unspecified atom stereocenters. The van der Waals surface area contributed by atoms with E-state index in [1.807, 2.05) is 17.0 Å². The van der Waals surface area contributed by atoms with Gasteiger partial charge in [0.1, 0.15) is 6.10 Å². The van der Waals surface area contributed by atoms with Crippen molar-refractivity contribution in [2.24, 2.45) is 0 Å². The molecular formula is C20H21Cl2N3O3. The van der Waals surface area contributed by atoms with E-state index in [1.54, 1.807) is 24.4 Å². The van der Waals surface area contributed by atoms with Crippen LogP contribution in [0.4, 0.5) is 5.69 Å². The molecule has 2 aliphatic heterocycles. The van der Waals surface area contributed by atoms with Crippen LogP contribution in [0.1, 0.15) is 16.8 Å². The van der Waals surface area contributed by atoms with E-state index in [1.165, 1.54) is 0 Å². The Hall–Kier alpha value is -2.02. The number of carbonyl (C=O) groups excluding carboxylic acids is 1. The molecule has 1 aromatic heterocycles. The molecule has 0 radical (unpaired) electrons. The second-order valence-corrected chi connectivity index (χ2v) is 7.68. The highest BCUT2D eigenvalue weighted by atomic mass is 35.5. The van der Waals surface area contributed by atoms with Crippen molar-refractivity contribution in [3.63, 3.8) is 0 Å².